The average molecular weight is 912 g/mol. The number of anilines is 1. The van der Waals surface area contributed by atoms with E-state index in [2.05, 4.69) is 0 Å². The minimum atomic E-state index is -4.46. The van der Waals surface area contributed by atoms with Crippen molar-refractivity contribution in [2.45, 2.75) is 74.5 Å². The summed E-state index contributed by atoms with van der Waals surface area (Å²) in [6, 6.07) is 15.7. The molecule has 0 unspecified atom stereocenters. The van der Waals surface area contributed by atoms with E-state index in [-0.39, 0.29) is 22.9 Å². The van der Waals surface area contributed by atoms with Crippen molar-refractivity contribution in [3.8, 4) is 0 Å². The van der Waals surface area contributed by atoms with Gasteiger partial charge < -0.3 is 4.90 Å². The third-order valence-corrected chi connectivity index (χ3v) is 15.2. The van der Waals surface area contributed by atoms with Crippen molar-refractivity contribution in [3.05, 3.63) is 119 Å². The number of rotatable bonds is 11. The van der Waals surface area contributed by atoms with Gasteiger partial charge in [-0.2, -0.15) is 38.2 Å². The molecule has 0 saturated carbocycles. The third kappa shape index (κ3) is 8.64. The highest BCUT2D eigenvalue weighted by atomic mass is 32.2. The van der Waals surface area contributed by atoms with Gasteiger partial charge in [0.05, 0.1) is 21.0 Å². The molecule has 0 radical (unpaired) electrons. The van der Waals surface area contributed by atoms with E-state index in [1.54, 1.807) is 36.4 Å². The number of allylic oxidation sites excluding steroid dienone is 8. The predicted molar refractivity (Wildman–Crippen MR) is 235 cm³/mol. The second-order valence-corrected chi connectivity index (χ2v) is 22.7. The summed E-state index contributed by atoms with van der Waals surface area (Å²) in [5.74, 6) is -1.07. The molecule has 0 aromatic heterocycles. The van der Waals surface area contributed by atoms with Gasteiger partial charge in [0, 0.05) is 41.1 Å². The Balaban J connectivity index is 1.29. The van der Waals surface area contributed by atoms with Crippen molar-refractivity contribution < 1.29 is 56.5 Å². The van der Waals surface area contributed by atoms with Gasteiger partial charge in [0.2, 0.25) is 5.69 Å². The zero-order valence-electron chi connectivity index (χ0n) is 34.1. The largest absolute Gasteiger partial charge is 0.343 e. The van der Waals surface area contributed by atoms with Crippen LogP contribution in [0.15, 0.2) is 117 Å². The van der Waals surface area contributed by atoms with Crippen LogP contribution in [0.5, 0.6) is 0 Å². The summed E-state index contributed by atoms with van der Waals surface area (Å²) in [4.78, 5) is 1.35. The lowest BCUT2D eigenvalue weighted by Crippen LogP contribution is -2.30. The lowest BCUT2D eigenvalue weighted by atomic mass is 9.78. The van der Waals surface area contributed by atoms with Crippen molar-refractivity contribution in [1.29, 1.82) is 0 Å². The molecule has 0 amide bonds. The third-order valence-electron chi connectivity index (χ3n) is 12.1. The minimum Gasteiger partial charge on any atom is -0.343 e. The Kier molecular flexibility index (Phi) is 11.2. The van der Waals surface area contributed by atoms with Crippen LogP contribution in [0.4, 0.5) is 11.4 Å². The molecular weight excluding hydrogens is 865 g/mol. The standard InChI is InChI=1S/C43H46N2O12S4/c1-27-28(11-19-38-42(2,3)40-34-15-13-32(60(52,53)54)25-30(34)9-17-36(40)44(38)21-23-58(46,47)48)7-6-8-29(27)12-20-39-43(4,5)41-35-16-14-33(61(55,56)57)26-31(35)10-18-37(41)45(39)22-24-59(49,50)51/h9-20,25-26H,6-8,21-24H2,1-5H3,(H3-,46,47,48,49,50,51,52,53,54,55,56,57)/p+1. The maximum atomic E-state index is 12.0. The van der Waals surface area contributed by atoms with Gasteiger partial charge in [0.25, 0.3) is 40.5 Å². The Morgan fingerprint density at radius 3 is 1.82 bits per heavy atom. The SMILES string of the molecule is CC1=C(C=CC2=[N+](CCS(=O)(=O)O)c3ccc4cc(S(=O)(=O)O)ccc4c3C2(C)C)CCCC1=CC=C1N(CCS(=O)(=O)O)c2ccc3cc(S(=O)(=O)O)ccc3c2C1(C)C. The molecule has 7 rings (SSSR count). The topological polar surface area (TPSA) is 224 Å². The zero-order valence-corrected chi connectivity index (χ0v) is 37.4. The summed E-state index contributed by atoms with van der Waals surface area (Å²) < 4.78 is 136. The minimum absolute atomic E-state index is 0.0520. The van der Waals surface area contributed by atoms with Crippen LogP contribution in [0.1, 0.15) is 65.0 Å². The van der Waals surface area contributed by atoms with Crippen molar-refractivity contribution in [3.63, 3.8) is 0 Å². The summed E-state index contributed by atoms with van der Waals surface area (Å²) in [6.07, 6.45) is 10.2. The van der Waals surface area contributed by atoms with Gasteiger partial charge in [0.15, 0.2) is 12.3 Å². The first-order valence-corrected chi connectivity index (χ1v) is 25.5. The van der Waals surface area contributed by atoms with E-state index < -0.39 is 62.8 Å². The monoisotopic (exact) mass is 911 g/mol. The molecule has 4 N–H and O–H groups in total. The van der Waals surface area contributed by atoms with Crippen LogP contribution in [0.2, 0.25) is 0 Å². The van der Waals surface area contributed by atoms with Crippen LogP contribution in [-0.4, -0.2) is 86.8 Å². The van der Waals surface area contributed by atoms with E-state index in [9.17, 15) is 51.9 Å². The Bertz CT molecular complexity index is 3180. The first kappa shape index (κ1) is 44.5. The Hall–Kier alpha value is -4.53. The molecule has 324 valence electrons. The molecule has 14 nitrogen and oxygen atoms in total. The van der Waals surface area contributed by atoms with Crippen molar-refractivity contribution >= 4 is 79.1 Å². The molecule has 0 bridgehead atoms. The van der Waals surface area contributed by atoms with E-state index in [0.717, 1.165) is 69.3 Å². The summed E-state index contributed by atoms with van der Waals surface area (Å²) in [5, 5.41) is 2.59. The van der Waals surface area contributed by atoms with Gasteiger partial charge in [0.1, 0.15) is 5.75 Å². The highest BCUT2D eigenvalue weighted by Gasteiger charge is 2.46. The van der Waals surface area contributed by atoms with Gasteiger partial charge in [-0.3, -0.25) is 18.2 Å². The van der Waals surface area contributed by atoms with Gasteiger partial charge >= 0.3 is 0 Å². The molecule has 61 heavy (non-hydrogen) atoms. The fourth-order valence-corrected chi connectivity index (χ4v) is 11.0. The first-order valence-electron chi connectivity index (χ1n) is 19.4. The maximum absolute atomic E-state index is 12.0. The van der Waals surface area contributed by atoms with Gasteiger partial charge in [-0.1, -0.05) is 44.2 Å². The fourth-order valence-electron chi connectivity index (χ4n) is 9.19. The molecule has 0 atom stereocenters. The molecule has 4 aromatic rings. The fraction of sp³-hybridized carbons (Fsp3) is 0.326. The summed E-state index contributed by atoms with van der Waals surface area (Å²) in [5.41, 5.74) is 6.21. The van der Waals surface area contributed by atoms with Crippen molar-refractivity contribution in [2.75, 3.05) is 29.5 Å². The predicted octanol–water partition coefficient (Wildman–Crippen LogP) is 7.30. The van der Waals surface area contributed by atoms with E-state index in [1.165, 1.54) is 24.3 Å². The molecule has 4 aromatic carbocycles. The van der Waals surface area contributed by atoms with Crippen LogP contribution in [0.3, 0.4) is 0 Å². The molecule has 3 aliphatic rings. The molecule has 0 spiro atoms. The normalized spacial score (nSPS) is 19.6. The van der Waals surface area contributed by atoms with E-state index in [4.69, 9.17) is 0 Å². The Morgan fingerprint density at radius 2 is 1.25 bits per heavy atom. The quantitative estimate of drug-likeness (QED) is 0.0858. The molecule has 2 aliphatic heterocycles. The lowest BCUT2D eigenvalue weighted by Gasteiger charge is -2.27. The Morgan fingerprint density at radius 1 is 0.672 bits per heavy atom. The van der Waals surface area contributed by atoms with Crippen LogP contribution in [0.25, 0.3) is 21.5 Å². The maximum Gasteiger partial charge on any atom is 0.294 e. The van der Waals surface area contributed by atoms with Crippen LogP contribution >= 0.6 is 0 Å². The van der Waals surface area contributed by atoms with Crippen molar-refractivity contribution in [1.82, 2.24) is 0 Å². The summed E-state index contributed by atoms with van der Waals surface area (Å²) >= 11 is 0. The van der Waals surface area contributed by atoms with Crippen molar-refractivity contribution in [2.24, 2.45) is 0 Å². The number of hydrogen-bond acceptors (Lipinski definition) is 9. The van der Waals surface area contributed by atoms with Crippen LogP contribution in [-0.2, 0) is 51.3 Å². The number of fused-ring (bicyclic) bond motifs is 6. The van der Waals surface area contributed by atoms with Crippen LogP contribution < -0.4 is 4.90 Å². The first-order chi connectivity index (χ1) is 28.2. The molecule has 0 saturated heterocycles. The average Bonchev–Trinajstić information content (AvgIpc) is 3.51. The van der Waals surface area contributed by atoms with Gasteiger partial charge in [-0.25, -0.2) is 0 Å². The lowest BCUT2D eigenvalue weighted by molar-refractivity contribution is -0.432. The molecule has 2 heterocycles. The molecule has 1 aliphatic carbocycles. The second kappa shape index (κ2) is 15.4. The molecule has 0 fully saturated rings. The summed E-state index contributed by atoms with van der Waals surface area (Å²) in [6.45, 7) is 9.86. The molecular formula is C43H47N2O12S4+. The second-order valence-electron chi connectivity index (χ2n) is 16.7. The summed E-state index contributed by atoms with van der Waals surface area (Å²) in [7, 11) is -17.6. The van der Waals surface area contributed by atoms with E-state index in [0.29, 0.717) is 22.1 Å². The Labute approximate surface area is 356 Å². The smallest absolute Gasteiger partial charge is 0.294 e. The van der Waals surface area contributed by atoms with E-state index in [1.807, 2.05) is 68.4 Å². The van der Waals surface area contributed by atoms with Gasteiger partial charge in [-0.15, -0.1) is 0 Å². The number of nitrogens with zero attached hydrogens (tertiary/aromatic N) is 2. The van der Waals surface area contributed by atoms with E-state index >= 15 is 0 Å². The highest BCUT2D eigenvalue weighted by molar-refractivity contribution is 7.86. The van der Waals surface area contributed by atoms with Gasteiger partial charge in [-0.05, 0) is 126 Å². The highest BCUT2D eigenvalue weighted by Crippen LogP contribution is 2.51. The number of hydrogen-bond donors (Lipinski definition) is 4. The van der Waals surface area contributed by atoms with Crippen LogP contribution in [0, 0.1) is 0 Å². The number of benzene rings is 4. The molecule has 18 heteroatoms. The zero-order chi connectivity index (χ0) is 44.7.